The van der Waals surface area contributed by atoms with E-state index in [1.54, 1.807) is 18.2 Å². The number of nitrogens with zero attached hydrogens (tertiary/aromatic N) is 2. The number of rotatable bonds is 4. The Hall–Kier alpha value is -1.83. The van der Waals surface area contributed by atoms with Crippen LogP contribution in [0.2, 0.25) is 0 Å². The van der Waals surface area contributed by atoms with Crippen molar-refractivity contribution in [3.8, 4) is 0 Å². The molecular formula is C13H13F3N2O2S. The maximum Gasteiger partial charge on any atom is 0.390 e. The van der Waals surface area contributed by atoms with Crippen LogP contribution in [0.25, 0.3) is 10.9 Å². The van der Waals surface area contributed by atoms with Crippen molar-refractivity contribution in [3.05, 3.63) is 36.4 Å². The molecule has 2 rings (SSSR count). The Labute approximate surface area is 120 Å². The highest BCUT2D eigenvalue weighted by Gasteiger charge is 2.31. The summed E-state index contributed by atoms with van der Waals surface area (Å²) in [7, 11) is -2.87. The first-order valence-electron chi connectivity index (χ1n) is 6.08. The maximum absolute atomic E-state index is 12.2. The number of benzene rings is 1. The van der Waals surface area contributed by atoms with Crippen LogP contribution in [0.4, 0.5) is 19.0 Å². The van der Waals surface area contributed by atoms with Crippen LogP contribution >= 0.6 is 0 Å². The molecule has 0 saturated heterocycles. The highest BCUT2D eigenvalue weighted by atomic mass is 32.2. The smallest absolute Gasteiger partial charge is 0.257 e. The molecule has 0 aliphatic carbocycles. The zero-order valence-electron chi connectivity index (χ0n) is 11.1. The van der Waals surface area contributed by atoms with Gasteiger partial charge in [0.05, 0.1) is 17.7 Å². The van der Waals surface area contributed by atoms with Gasteiger partial charge < -0.3 is 0 Å². The Balaban J connectivity index is 2.26. The van der Waals surface area contributed by atoms with Gasteiger partial charge in [0.25, 0.3) is 0 Å². The van der Waals surface area contributed by atoms with Gasteiger partial charge in [0.2, 0.25) is 10.0 Å². The normalized spacial score (nSPS) is 12.6. The second-order valence-electron chi connectivity index (χ2n) is 4.51. The van der Waals surface area contributed by atoms with E-state index in [1.807, 2.05) is 12.1 Å². The van der Waals surface area contributed by atoms with Crippen LogP contribution in [0, 0.1) is 0 Å². The molecule has 0 aliphatic heterocycles. The predicted octanol–water partition coefficient (Wildman–Crippen LogP) is 2.95. The molecule has 0 fully saturated rings. The number of sulfonamides is 1. The first-order valence-corrected chi connectivity index (χ1v) is 7.69. The quantitative estimate of drug-likeness (QED) is 0.871. The maximum atomic E-state index is 12.2. The molecule has 4 nitrogen and oxygen atoms in total. The number of hydrogen-bond acceptors (Lipinski definition) is 3. The third-order valence-electron chi connectivity index (χ3n) is 2.97. The zero-order valence-corrected chi connectivity index (χ0v) is 11.9. The molecule has 21 heavy (non-hydrogen) atoms. The molecule has 1 aromatic heterocycles. The van der Waals surface area contributed by atoms with Gasteiger partial charge in [-0.2, -0.15) is 13.2 Å². The van der Waals surface area contributed by atoms with Gasteiger partial charge in [-0.1, -0.05) is 18.2 Å². The monoisotopic (exact) mass is 318 g/mol. The Morgan fingerprint density at radius 1 is 1.14 bits per heavy atom. The SMILES string of the molecule is CN(c1ccc2ccccc2n1)S(=O)(=O)CCC(F)(F)F. The summed E-state index contributed by atoms with van der Waals surface area (Å²) in [6.07, 6.45) is -5.89. The van der Waals surface area contributed by atoms with Crippen LogP contribution in [0.5, 0.6) is 0 Å². The topological polar surface area (TPSA) is 50.3 Å². The lowest BCUT2D eigenvalue weighted by molar-refractivity contribution is -0.129. The second-order valence-corrected chi connectivity index (χ2v) is 6.63. The number of pyridine rings is 1. The standard InChI is InChI=1S/C13H13F3N2O2S/c1-18(21(19,20)9-8-13(14,15)16)12-7-6-10-4-2-3-5-11(10)17-12/h2-7H,8-9H2,1H3. The third kappa shape index (κ3) is 3.84. The number of para-hydroxylation sites is 1. The van der Waals surface area contributed by atoms with Gasteiger partial charge >= 0.3 is 6.18 Å². The van der Waals surface area contributed by atoms with Gasteiger partial charge in [-0.25, -0.2) is 13.4 Å². The molecule has 114 valence electrons. The van der Waals surface area contributed by atoms with E-state index in [0.29, 0.717) is 5.52 Å². The summed E-state index contributed by atoms with van der Waals surface area (Å²) in [5, 5.41) is 0.822. The van der Waals surface area contributed by atoms with E-state index in [2.05, 4.69) is 4.98 Å². The van der Waals surface area contributed by atoms with Gasteiger partial charge in [0, 0.05) is 12.4 Å². The fourth-order valence-electron chi connectivity index (χ4n) is 1.75. The van der Waals surface area contributed by atoms with Gasteiger partial charge in [0.15, 0.2) is 0 Å². The molecule has 0 unspecified atom stereocenters. The first kappa shape index (κ1) is 15.6. The number of alkyl halides is 3. The summed E-state index contributed by atoms with van der Waals surface area (Å²) in [4.78, 5) is 4.15. The number of halogens is 3. The fourth-order valence-corrected chi connectivity index (χ4v) is 2.90. The van der Waals surface area contributed by atoms with Crippen molar-refractivity contribution in [2.75, 3.05) is 17.1 Å². The van der Waals surface area contributed by atoms with Crippen molar-refractivity contribution >= 4 is 26.7 Å². The van der Waals surface area contributed by atoms with E-state index >= 15 is 0 Å². The molecule has 0 N–H and O–H groups in total. The van der Waals surface area contributed by atoms with E-state index in [1.165, 1.54) is 13.1 Å². The van der Waals surface area contributed by atoms with Crippen molar-refractivity contribution in [1.29, 1.82) is 0 Å². The summed E-state index contributed by atoms with van der Waals surface area (Å²) in [6, 6.07) is 10.2. The summed E-state index contributed by atoms with van der Waals surface area (Å²) < 4.78 is 61.1. The molecule has 1 heterocycles. The average molecular weight is 318 g/mol. The van der Waals surface area contributed by atoms with Crippen LogP contribution in [-0.4, -0.2) is 32.4 Å². The van der Waals surface area contributed by atoms with E-state index in [0.717, 1.165) is 9.69 Å². The minimum atomic E-state index is -4.51. The molecule has 0 amide bonds. The van der Waals surface area contributed by atoms with Crippen molar-refractivity contribution < 1.29 is 21.6 Å². The summed E-state index contributed by atoms with van der Waals surface area (Å²) in [5.41, 5.74) is 0.577. The van der Waals surface area contributed by atoms with Crippen LogP contribution in [0.3, 0.4) is 0 Å². The highest BCUT2D eigenvalue weighted by molar-refractivity contribution is 7.92. The number of anilines is 1. The van der Waals surface area contributed by atoms with Crippen molar-refractivity contribution in [2.45, 2.75) is 12.6 Å². The second kappa shape index (κ2) is 5.51. The van der Waals surface area contributed by atoms with Crippen molar-refractivity contribution in [2.24, 2.45) is 0 Å². The van der Waals surface area contributed by atoms with Crippen LogP contribution < -0.4 is 4.31 Å². The molecule has 0 spiro atoms. The number of hydrogen-bond donors (Lipinski definition) is 0. The lowest BCUT2D eigenvalue weighted by Gasteiger charge is -2.19. The van der Waals surface area contributed by atoms with Gasteiger partial charge in [-0.05, 0) is 18.2 Å². The van der Waals surface area contributed by atoms with Crippen LogP contribution in [-0.2, 0) is 10.0 Å². The largest absolute Gasteiger partial charge is 0.390 e. The lowest BCUT2D eigenvalue weighted by atomic mass is 10.2. The molecular weight excluding hydrogens is 305 g/mol. The number of aromatic nitrogens is 1. The number of fused-ring (bicyclic) bond motifs is 1. The fraction of sp³-hybridized carbons (Fsp3) is 0.308. The Bertz CT molecular complexity index is 744. The third-order valence-corrected chi connectivity index (χ3v) is 4.71. The van der Waals surface area contributed by atoms with E-state index in [9.17, 15) is 21.6 Å². The van der Waals surface area contributed by atoms with Gasteiger partial charge in [-0.15, -0.1) is 0 Å². The van der Waals surface area contributed by atoms with E-state index < -0.39 is 28.4 Å². The summed E-state index contributed by atoms with van der Waals surface area (Å²) in [6.45, 7) is 0. The van der Waals surface area contributed by atoms with E-state index in [-0.39, 0.29) is 5.82 Å². The minimum absolute atomic E-state index is 0.0934. The van der Waals surface area contributed by atoms with Gasteiger partial charge in [0.1, 0.15) is 5.82 Å². The summed E-state index contributed by atoms with van der Waals surface area (Å²) in [5.74, 6) is -0.905. The molecule has 1 aromatic carbocycles. The molecule has 0 aliphatic rings. The molecule has 0 saturated carbocycles. The van der Waals surface area contributed by atoms with E-state index in [4.69, 9.17) is 0 Å². The first-order chi connectivity index (χ1) is 9.69. The molecule has 0 atom stereocenters. The highest BCUT2D eigenvalue weighted by Crippen LogP contribution is 2.23. The van der Waals surface area contributed by atoms with Gasteiger partial charge in [-0.3, -0.25) is 4.31 Å². The lowest BCUT2D eigenvalue weighted by Crippen LogP contribution is -2.31. The Morgan fingerprint density at radius 3 is 2.48 bits per heavy atom. The minimum Gasteiger partial charge on any atom is -0.257 e. The zero-order chi connectivity index (χ0) is 15.7. The predicted molar refractivity (Wildman–Crippen MR) is 74.6 cm³/mol. The van der Waals surface area contributed by atoms with Crippen LogP contribution in [0.15, 0.2) is 36.4 Å². The Morgan fingerprint density at radius 2 is 1.81 bits per heavy atom. The van der Waals surface area contributed by atoms with Crippen LogP contribution in [0.1, 0.15) is 6.42 Å². The molecule has 0 bridgehead atoms. The molecule has 2 aromatic rings. The molecule has 0 radical (unpaired) electrons. The average Bonchev–Trinajstić information content (AvgIpc) is 2.43. The van der Waals surface area contributed by atoms with Crippen molar-refractivity contribution in [3.63, 3.8) is 0 Å². The van der Waals surface area contributed by atoms with Crippen molar-refractivity contribution in [1.82, 2.24) is 4.98 Å². The summed E-state index contributed by atoms with van der Waals surface area (Å²) >= 11 is 0. The molecule has 8 heteroatoms. The Kier molecular flexibility index (Phi) is 4.08.